The third-order valence-electron chi connectivity index (χ3n) is 5.03. The quantitative estimate of drug-likeness (QED) is 0.539. The van der Waals surface area contributed by atoms with E-state index >= 15 is 0 Å². The van der Waals surface area contributed by atoms with Crippen LogP contribution in [0.5, 0.6) is 0 Å². The fraction of sp³-hybridized carbons (Fsp3) is 0.667. The first-order chi connectivity index (χ1) is 12.5. The van der Waals surface area contributed by atoms with Crippen molar-refractivity contribution < 1.29 is 19.1 Å². The van der Waals surface area contributed by atoms with Gasteiger partial charge in [0, 0.05) is 29.3 Å². The molecule has 0 atom stereocenters. The number of Topliss-reactive ketones (excluding diaryl/α,β-unsaturated/α-hetero) is 1. The predicted molar refractivity (Wildman–Crippen MR) is 104 cm³/mol. The number of amides is 1. The molecule has 6 nitrogen and oxygen atoms in total. The summed E-state index contributed by atoms with van der Waals surface area (Å²) in [7, 11) is 0. The van der Waals surface area contributed by atoms with Crippen molar-refractivity contribution in [2.24, 2.45) is 5.41 Å². The fourth-order valence-corrected chi connectivity index (χ4v) is 3.58. The van der Waals surface area contributed by atoms with E-state index in [0.717, 1.165) is 18.5 Å². The number of esters is 1. The zero-order valence-corrected chi connectivity index (χ0v) is 17.6. The summed E-state index contributed by atoms with van der Waals surface area (Å²) in [6, 6.07) is 0.152. The first-order valence-corrected chi connectivity index (χ1v) is 9.75. The average molecular weight is 376 g/mol. The molecule has 0 bridgehead atoms. The molecule has 1 amide bonds. The molecule has 0 spiro atoms. The topological polar surface area (TPSA) is 68.6 Å². The molecular weight excluding hydrogens is 344 g/mol. The van der Waals surface area contributed by atoms with Crippen molar-refractivity contribution in [1.82, 2.24) is 9.47 Å². The Bertz CT molecular complexity index is 751. The molecule has 1 aromatic heterocycles. The number of ether oxygens (including phenoxy) is 1. The van der Waals surface area contributed by atoms with Crippen LogP contribution in [0.4, 0.5) is 0 Å². The Labute approximate surface area is 161 Å². The van der Waals surface area contributed by atoms with Crippen LogP contribution in [0.25, 0.3) is 0 Å². The second kappa shape index (κ2) is 7.87. The predicted octanol–water partition coefficient (Wildman–Crippen LogP) is 3.52. The van der Waals surface area contributed by atoms with Gasteiger partial charge in [0.05, 0.1) is 13.2 Å². The van der Waals surface area contributed by atoms with Gasteiger partial charge in [0.1, 0.15) is 5.69 Å². The summed E-state index contributed by atoms with van der Waals surface area (Å²) in [6.45, 7) is 13.9. The highest BCUT2D eigenvalue weighted by atomic mass is 16.5. The van der Waals surface area contributed by atoms with Gasteiger partial charge in [0.25, 0.3) is 0 Å². The van der Waals surface area contributed by atoms with Crippen LogP contribution in [-0.4, -0.2) is 46.3 Å². The molecule has 0 N–H and O–H groups in total. The van der Waals surface area contributed by atoms with E-state index in [1.165, 1.54) is 0 Å². The summed E-state index contributed by atoms with van der Waals surface area (Å²) in [5.74, 6) is -0.537. The molecule has 1 aromatic rings. The van der Waals surface area contributed by atoms with Gasteiger partial charge in [-0.3, -0.25) is 9.59 Å². The first-order valence-electron chi connectivity index (χ1n) is 9.75. The molecular formula is C21H32N2O4. The van der Waals surface area contributed by atoms with E-state index in [2.05, 4.69) is 0 Å². The molecule has 0 saturated heterocycles. The molecule has 0 aliphatic heterocycles. The number of nitrogens with zero attached hydrogens (tertiary/aromatic N) is 2. The Morgan fingerprint density at radius 1 is 1.15 bits per heavy atom. The SMILES string of the molecule is CCOC(=O)c1c(C)c(C(=O)CN(C(=O)C(C)(C)C)C2CC2)c(C)n1CC. The molecule has 6 heteroatoms. The lowest BCUT2D eigenvalue weighted by Gasteiger charge is -2.29. The summed E-state index contributed by atoms with van der Waals surface area (Å²) < 4.78 is 7.00. The number of ketones is 1. The van der Waals surface area contributed by atoms with Crippen molar-refractivity contribution in [1.29, 1.82) is 0 Å². The Morgan fingerprint density at radius 2 is 1.74 bits per heavy atom. The van der Waals surface area contributed by atoms with Crippen molar-refractivity contribution in [2.45, 2.75) is 73.9 Å². The fourth-order valence-electron chi connectivity index (χ4n) is 3.58. The van der Waals surface area contributed by atoms with Crippen LogP contribution in [-0.2, 0) is 16.1 Å². The highest BCUT2D eigenvalue weighted by molar-refractivity contribution is 6.05. The van der Waals surface area contributed by atoms with Crippen molar-refractivity contribution >= 4 is 17.7 Å². The summed E-state index contributed by atoms with van der Waals surface area (Å²) in [4.78, 5) is 40.1. The monoisotopic (exact) mass is 376 g/mol. The van der Waals surface area contributed by atoms with E-state index in [9.17, 15) is 14.4 Å². The lowest BCUT2D eigenvalue weighted by atomic mass is 9.94. The number of aromatic nitrogens is 1. The Hall–Kier alpha value is -2.11. The number of hydrogen-bond acceptors (Lipinski definition) is 4. The Kier molecular flexibility index (Phi) is 6.17. The van der Waals surface area contributed by atoms with E-state index in [-0.39, 0.29) is 30.9 Å². The second-order valence-corrected chi connectivity index (χ2v) is 8.24. The molecule has 1 heterocycles. The Morgan fingerprint density at radius 3 is 2.19 bits per heavy atom. The molecule has 1 saturated carbocycles. The Balaban J connectivity index is 2.38. The standard InChI is InChI=1S/C21H32N2O4/c1-8-22-14(4)17(13(3)18(22)19(25)27-9-2)16(24)12-23(15-10-11-15)20(26)21(5,6)7/h15H,8-12H2,1-7H3. The maximum absolute atomic E-state index is 13.2. The number of rotatable bonds is 7. The maximum Gasteiger partial charge on any atom is 0.355 e. The minimum atomic E-state index is -0.529. The van der Waals surface area contributed by atoms with E-state index in [1.54, 1.807) is 18.7 Å². The van der Waals surface area contributed by atoms with Gasteiger partial charge in [-0.05, 0) is 46.1 Å². The van der Waals surface area contributed by atoms with Crippen LogP contribution in [0.1, 0.15) is 79.6 Å². The summed E-state index contributed by atoms with van der Waals surface area (Å²) in [5.41, 5.74) is 1.82. The third-order valence-corrected chi connectivity index (χ3v) is 5.03. The molecule has 1 aliphatic rings. The van der Waals surface area contributed by atoms with Crippen LogP contribution in [0.2, 0.25) is 0 Å². The highest BCUT2D eigenvalue weighted by Gasteiger charge is 2.39. The first kappa shape index (κ1) is 21.2. The number of hydrogen-bond donors (Lipinski definition) is 0. The summed E-state index contributed by atoms with van der Waals surface area (Å²) in [6.07, 6.45) is 1.88. The van der Waals surface area contributed by atoms with Gasteiger partial charge >= 0.3 is 5.97 Å². The smallest absolute Gasteiger partial charge is 0.355 e. The normalized spacial score (nSPS) is 14.2. The summed E-state index contributed by atoms with van der Waals surface area (Å²) >= 11 is 0. The van der Waals surface area contributed by atoms with Crippen LogP contribution < -0.4 is 0 Å². The summed E-state index contributed by atoms with van der Waals surface area (Å²) in [5, 5.41) is 0. The van der Waals surface area contributed by atoms with E-state index in [4.69, 9.17) is 4.74 Å². The highest BCUT2D eigenvalue weighted by Crippen LogP contribution is 2.32. The van der Waals surface area contributed by atoms with Crippen LogP contribution >= 0.6 is 0 Å². The average Bonchev–Trinajstić information content (AvgIpc) is 3.36. The molecule has 2 rings (SSSR count). The molecule has 0 radical (unpaired) electrons. The van der Waals surface area contributed by atoms with Gasteiger partial charge in [-0.25, -0.2) is 4.79 Å². The van der Waals surface area contributed by atoms with E-state index in [0.29, 0.717) is 23.4 Å². The van der Waals surface area contributed by atoms with E-state index < -0.39 is 11.4 Å². The number of carbonyl (C=O) groups excluding carboxylic acids is 3. The van der Waals surface area contributed by atoms with Crippen LogP contribution in [0.15, 0.2) is 0 Å². The van der Waals surface area contributed by atoms with Gasteiger partial charge in [0.2, 0.25) is 5.91 Å². The van der Waals surface area contributed by atoms with Crippen molar-refractivity contribution in [3.05, 3.63) is 22.5 Å². The number of carbonyl (C=O) groups is 3. The van der Waals surface area contributed by atoms with Gasteiger partial charge < -0.3 is 14.2 Å². The lowest BCUT2D eigenvalue weighted by Crippen LogP contribution is -2.43. The van der Waals surface area contributed by atoms with Crippen molar-refractivity contribution in [3.8, 4) is 0 Å². The molecule has 1 aliphatic carbocycles. The van der Waals surface area contributed by atoms with Gasteiger partial charge in [-0.15, -0.1) is 0 Å². The third kappa shape index (κ3) is 4.25. The molecule has 1 fully saturated rings. The minimum absolute atomic E-state index is 0.00537. The second-order valence-electron chi connectivity index (χ2n) is 8.24. The van der Waals surface area contributed by atoms with Crippen LogP contribution in [0, 0.1) is 19.3 Å². The van der Waals surface area contributed by atoms with E-state index in [1.807, 2.05) is 39.2 Å². The largest absolute Gasteiger partial charge is 0.461 e. The molecule has 27 heavy (non-hydrogen) atoms. The van der Waals surface area contributed by atoms with Crippen molar-refractivity contribution in [3.63, 3.8) is 0 Å². The maximum atomic E-state index is 13.2. The van der Waals surface area contributed by atoms with Gasteiger partial charge in [0.15, 0.2) is 5.78 Å². The van der Waals surface area contributed by atoms with Gasteiger partial charge in [-0.1, -0.05) is 20.8 Å². The molecule has 0 aromatic carbocycles. The van der Waals surface area contributed by atoms with Gasteiger partial charge in [-0.2, -0.15) is 0 Å². The lowest BCUT2D eigenvalue weighted by molar-refractivity contribution is -0.139. The minimum Gasteiger partial charge on any atom is -0.461 e. The zero-order valence-electron chi connectivity index (χ0n) is 17.6. The van der Waals surface area contributed by atoms with Crippen molar-refractivity contribution in [2.75, 3.05) is 13.2 Å². The van der Waals surface area contributed by atoms with Crippen LogP contribution in [0.3, 0.4) is 0 Å². The molecule has 0 unspecified atom stereocenters. The molecule has 150 valence electrons. The zero-order chi connectivity index (χ0) is 20.5.